The molecule has 0 saturated heterocycles. The van der Waals surface area contributed by atoms with Gasteiger partial charge < -0.3 is 10.6 Å². The van der Waals surface area contributed by atoms with Crippen LogP contribution in [0.25, 0.3) is 0 Å². The molecule has 1 aromatic heterocycles. The largest absolute Gasteiger partial charge is 0.416 e. The van der Waals surface area contributed by atoms with E-state index in [0.717, 1.165) is 12.1 Å². The molecule has 1 amide bonds. The van der Waals surface area contributed by atoms with Gasteiger partial charge in [0.25, 0.3) is 0 Å². The Kier molecular flexibility index (Phi) is 6.28. The molecule has 0 spiro atoms. The molecule has 1 aromatic carbocycles. The summed E-state index contributed by atoms with van der Waals surface area (Å²) in [4.78, 5) is 12.2. The topological polar surface area (TPSA) is 66.9 Å². The van der Waals surface area contributed by atoms with Gasteiger partial charge >= 0.3 is 6.18 Å². The molecule has 2 N–H and O–H groups in total. The molecule has 1 atom stereocenters. The highest BCUT2D eigenvalue weighted by Crippen LogP contribution is 2.31. The molecule has 10 heteroatoms. The van der Waals surface area contributed by atoms with Crippen molar-refractivity contribution in [3.8, 4) is 0 Å². The van der Waals surface area contributed by atoms with E-state index >= 15 is 0 Å². The minimum absolute atomic E-state index is 0.228. The van der Waals surface area contributed by atoms with Crippen molar-refractivity contribution in [2.24, 2.45) is 0 Å². The van der Waals surface area contributed by atoms with Crippen LogP contribution >= 0.6 is 23.1 Å². The van der Waals surface area contributed by atoms with E-state index in [2.05, 4.69) is 20.8 Å². The molecule has 2 rings (SSSR count). The van der Waals surface area contributed by atoms with Crippen molar-refractivity contribution in [1.82, 2.24) is 10.2 Å². The zero-order valence-electron chi connectivity index (χ0n) is 13.7. The number of thioether (sulfide) groups is 1. The van der Waals surface area contributed by atoms with Crippen LogP contribution in [-0.4, -0.2) is 27.4 Å². The monoisotopic (exact) mass is 390 g/mol. The molecule has 0 aliphatic carbocycles. The molecule has 0 fully saturated rings. The first-order valence-electron chi connectivity index (χ1n) is 7.40. The summed E-state index contributed by atoms with van der Waals surface area (Å²) < 4.78 is 38.2. The first-order valence-corrected chi connectivity index (χ1v) is 9.09. The van der Waals surface area contributed by atoms with Gasteiger partial charge in [-0.1, -0.05) is 23.1 Å². The van der Waals surface area contributed by atoms with Crippen molar-refractivity contribution in [3.05, 3.63) is 29.8 Å². The summed E-state index contributed by atoms with van der Waals surface area (Å²) in [5, 5.41) is 13.9. The van der Waals surface area contributed by atoms with Crippen LogP contribution in [0.5, 0.6) is 0 Å². The Morgan fingerprint density at radius 1 is 1.16 bits per heavy atom. The van der Waals surface area contributed by atoms with Gasteiger partial charge in [0.05, 0.1) is 10.8 Å². The molecule has 136 valence electrons. The second-order valence-electron chi connectivity index (χ2n) is 5.50. The number of alkyl halides is 3. The number of nitrogens with one attached hydrogen (secondary N) is 2. The van der Waals surface area contributed by atoms with Gasteiger partial charge in [0.2, 0.25) is 11.0 Å². The second-order valence-corrected chi connectivity index (χ2v) is 8.06. The lowest BCUT2D eigenvalue weighted by Gasteiger charge is -2.11. The molecular formula is C15H17F3N4OS2. The maximum atomic E-state index is 12.5. The van der Waals surface area contributed by atoms with Crippen LogP contribution in [0.15, 0.2) is 28.6 Å². The number of benzene rings is 1. The number of hydrogen-bond donors (Lipinski definition) is 2. The van der Waals surface area contributed by atoms with E-state index in [1.54, 1.807) is 6.92 Å². The van der Waals surface area contributed by atoms with E-state index in [0.29, 0.717) is 15.2 Å². The minimum atomic E-state index is -4.40. The van der Waals surface area contributed by atoms with Crippen molar-refractivity contribution in [2.75, 3.05) is 10.6 Å². The highest BCUT2D eigenvalue weighted by atomic mass is 32.2. The fraction of sp³-hybridized carbons (Fsp3) is 0.400. The Morgan fingerprint density at radius 2 is 1.80 bits per heavy atom. The van der Waals surface area contributed by atoms with Crippen LogP contribution in [0.4, 0.5) is 24.0 Å². The predicted molar refractivity (Wildman–Crippen MR) is 94.1 cm³/mol. The molecule has 0 radical (unpaired) electrons. The molecular weight excluding hydrogens is 373 g/mol. The van der Waals surface area contributed by atoms with Gasteiger partial charge in [-0.25, -0.2) is 0 Å². The van der Waals surface area contributed by atoms with Gasteiger partial charge in [0.15, 0.2) is 4.34 Å². The summed E-state index contributed by atoms with van der Waals surface area (Å²) in [5.74, 6) is -0.321. The zero-order chi connectivity index (χ0) is 18.6. The van der Waals surface area contributed by atoms with Crippen molar-refractivity contribution in [2.45, 2.75) is 42.6 Å². The summed E-state index contributed by atoms with van der Waals surface area (Å²) in [6.45, 7) is 5.66. The maximum absolute atomic E-state index is 12.5. The summed E-state index contributed by atoms with van der Waals surface area (Å²) in [7, 11) is 0. The van der Waals surface area contributed by atoms with Crippen LogP contribution < -0.4 is 10.6 Å². The number of halogens is 3. The normalized spacial score (nSPS) is 12.9. The molecule has 1 heterocycles. The van der Waals surface area contributed by atoms with Gasteiger partial charge in [0.1, 0.15) is 0 Å². The third kappa shape index (κ3) is 5.89. The lowest BCUT2D eigenvalue weighted by molar-refractivity contribution is -0.137. The third-order valence-corrected chi connectivity index (χ3v) is 4.98. The maximum Gasteiger partial charge on any atom is 0.416 e. The molecule has 25 heavy (non-hydrogen) atoms. The van der Waals surface area contributed by atoms with E-state index in [1.165, 1.54) is 35.2 Å². The number of rotatable bonds is 6. The minimum Gasteiger partial charge on any atom is -0.358 e. The van der Waals surface area contributed by atoms with E-state index in [-0.39, 0.29) is 11.9 Å². The number of carbonyl (C=O) groups is 1. The molecule has 0 bridgehead atoms. The van der Waals surface area contributed by atoms with Crippen LogP contribution in [0.2, 0.25) is 0 Å². The smallest absolute Gasteiger partial charge is 0.358 e. The van der Waals surface area contributed by atoms with Gasteiger partial charge in [-0.15, -0.1) is 10.2 Å². The Hall–Kier alpha value is -1.81. The fourth-order valence-electron chi connectivity index (χ4n) is 1.75. The molecule has 0 unspecified atom stereocenters. The van der Waals surface area contributed by atoms with Crippen molar-refractivity contribution >= 4 is 39.8 Å². The van der Waals surface area contributed by atoms with Crippen LogP contribution in [-0.2, 0) is 11.0 Å². The SMILES string of the molecule is CC(C)Nc1nnc(S[C@@H](C)C(=O)Nc2ccc(C(F)(F)F)cc2)s1. The van der Waals surface area contributed by atoms with Gasteiger partial charge in [-0.3, -0.25) is 4.79 Å². The quantitative estimate of drug-likeness (QED) is 0.711. The van der Waals surface area contributed by atoms with Gasteiger partial charge in [-0.2, -0.15) is 13.2 Å². The predicted octanol–water partition coefficient (Wildman–Crippen LogP) is 4.50. The summed E-state index contributed by atoms with van der Waals surface area (Å²) in [6.07, 6.45) is -4.40. The van der Waals surface area contributed by atoms with Crippen molar-refractivity contribution in [1.29, 1.82) is 0 Å². The summed E-state index contributed by atoms with van der Waals surface area (Å²) >= 11 is 2.58. The lowest BCUT2D eigenvalue weighted by Crippen LogP contribution is -2.22. The van der Waals surface area contributed by atoms with Gasteiger partial charge in [0, 0.05) is 11.7 Å². The summed E-state index contributed by atoms with van der Waals surface area (Å²) in [6, 6.07) is 4.55. The summed E-state index contributed by atoms with van der Waals surface area (Å²) in [5.41, 5.74) is -0.447. The molecule has 0 saturated carbocycles. The lowest BCUT2D eigenvalue weighted by atomic mass is 10.2. The first-order chi connectivity index (χ1) is 11.6. The molecule has 0 aliphatic rings. The second kappa shape index (κ2) is 8.05. The standard InChI is InChI=1S/C15H17F3N4OS2/c1-8(2)19-13-21-22-14(25-13)24-9(3)12(23)20-11-6-4-10(5-7-11)15(16,17)18/h4-9H,1-3H3,(H,19,21)(H,20,23)/t9-/m0/s1. The third-order valence-electron chi connectivity index (χ3n) is 2.95. The molecule has 2 aromatic rings. The van der Waals surface area contributed by atoms with Gasteiger partial charge in [-0.05, 0) is 45.0 Å². The van der Waals surface area contributed by atoms with Crippen LogP contribution in [0.1, 0.15) is 26.3 Å². The Labute approximate surface area is 151 Å². The number of amides is 1. The molecule has 5 nitrogen and oxygen atoms in total. The van der Waals surface area contributed by atoms with Crippen LogP contribution in [0, 0.1) is 0 Å². The average Bonchev–Trinajstić information content (AvgIpc) is 2.93. The number of aromatic nitrogens is 2. The number of nitrogens with zero attached hydrogens (tertiary/aromatic N) is 2. The Bertz CT molecular complexity index is 716. The van der Waals surface area contributed by atoms with Crippen molar-refractivity contribution < 1.29 is 18.0 Å². The molecule has 0 aliphatic heterocycles. The fourth-order valence-corrected chi connectivity index (χ4v) is 3.80. The number of hydrogen-bond acceptors (Lipinski definition) is 6. The Balaban J connectivity index is 1.92. The Morgan fingerprint density at radius 3 is 2.36 bits per heavy atom. The van der Waals surface area contributed by atoms with Crippen molar-refractivity contribution in [3.63, 3.8) is 0 Å². The average molecular weight is 390 g/mol. The van der Waals surface area contributed by atoms with Crippen LogP contribution in [0.3, 0.4) is 0 Å². The highest BCUT2D eigenvalue weighted by molar-refractivity contribution is 8.02. The number of anilines is 2. The highest BCUT2D eigenvalue weighted by Gasteiger charge is 2.30. The van der Waals surface area contributed by atoms with E-state index < -0.39 is 17.0 Å². The van der Waals surface area contributed by atoms with E-state index in [4.69, 9.17) is 0 Å². The zero-order valence-corrected chi connectivity index (χ0v) is 15.4. The van der Waals surface area contributed by atoms with E-state index in [9.17, 15) is 18.0 Å². The first kappa shape index (κ1) is 19.5. The number of carbonyl (C=O) groups excluding carboxylic acids is 1. The van der Waals surface area contributed by atoms with E-state index in [1.807, 2.05) is 13.8 Å².